The topological polar surface area (TPSA) is 67.8 Å². The Balaban J connectivity index is 2.76. The Labute approximate surface area is 78.7 Å². The molecule has 1 rings (SSSR count). The smallest absolute Gasteiger partial charge is 0.144 e. The molecule has 4 heteroatoms. The van der Waals surface area contributed by atoms with Gasteiger partial charge in [-0.3, -0.25) is 0 Å². The van der Waals surface area contributed by atoms with Crippen molar-refractivity contribution in [2.45, 2.75) is 33.3 Å². The monoisotopic (exact) mass is 186 g/mol. The van der Waals surface area contributed by atoms with Crippen LogP contribution >= 0.6 is 0 Å². The first kappa shape index (κ1) is 10.3. The number of hydrogen-bond acceptors (Lipinski definition) is 3. The van der Waals surface area contributed by atoms with Crippen molar-refractivity contribution in [3.05, 3.63) is 0 Å². The average Bonchev–Trinajstić information content (AvgIpc) is 2.49. The van der Waals surface area contributed by atoms with E-state index in [9.17, 15) is 0 Å². The van der Waals surface area contributed by atoms with Crippen LogP contribution in [0.25, 0.3) is 0 Å². The predicted octanol–water partition coefficient (Wildman–Crippen LogP) is 1.18. The summed E-state index contributed by atoms with van der Waals surface area (Å²) in [5, 5.41) is 11.6. The molecule has 1 aliphatic heterocycles. The Kier molecular flexibility index (Phi) is 2.81. The molecule has 0 bridgehead atoms. The van der Waals surface area contributed by atoms with Crippen LogP contribution in [0.1, 0.15) is 27.2 Å². The zero-order valence-corrected chi connectivity index (χ0v) is 8.45. The molecule has 3 N–H and O–H groups in total. The highest BCUT2D eigenvalue weighted by atomic mass is 16.5. The lowest BCUT2D eigenvalue weighted by atomic mass is 9.81. The van der Waals surface area contributed by atoms with Gasteiger partial charge >= 0.3 is 0 Å². The summed E-state index contributed by atoms with van der Waals surface area (Å²) in [6.45, 7) is 6.99. The van der Waals surface area contributed by atoms with E-state index < -0.39 is 0 Å². The summed E-state index contributed by atoms with van der Waals surface area (Å²) in [6, 6.07) is 0. The van der Waals surface area contributed by atoms with Gasteiger partial charge in [-0.05, 0) is 11.8 Å². The minimum Gasteiger partial charge on any atom is -0.409 e. The normalized spacial score (nSPS) is 30.8. The van der Waals surface area contributed by atoms with Gasteiger partial charge in [-0.25, -0.2) is 0 Å². The summed E-state index contributed by atoms with van der Waals surface area (Å²) in [5.41, 5.74) is 5.62. The Bertz CT molecular complexity index is 208. The molecule has 0 aliphatic carbocycles. The van der Waals surface area contributed by atoms with E-state index in [2.05, 4.69) is 25.9 Å². The molecule has 2 atom stereocenters. The molecular formula is C9H18N2O2. The van der Waals surface area contributed by atoms with Gasteiger partial charge in [0.15, 0.2) is 0 Å². The molecule has 1 heterocycles. The number of ether oxygens (including phenoxy) is 1. The summed E-state index contributed by atoms with van der Waals surface area (Å²) in [5.74, 6) is 0.349. The van der Waals surface area contributed by atoms with Crippen LogP contribution in [0.2, 0.25) is 0 Å². The minimum absolute atomic E-state index is 0.0382. The van der Waals surface area contributed by atoms with Gasteiger partial charge in [-0.15, -0.1) is 0 Å². The molecule has 0 saturated carbocycles. The molecule has 0 aromatic rings. The molecule has 0 unspecified atom stereocenters. The first-order valence-electron chi connectivity index (χ1n) is 4.56. The van der Waals surface area contributed by atoms with Crippen molar-refractivity contribution in [1.82, 2.24) is 0 Å². The summed E-state index contributed by atoms with van der Waals surface area (Å²) >= 11 is 0. The lowest BCUT2D eigenvalue weighted by molar-refractivity contribution is 0.0181. The maximum Gasteiger partial charge on any atom is 0.144 e. The van der Waals surface area contributed by atoms with Crippen LogP contribution in [0.5, 0.6) is 0 Å². The van der Waals surface area contributed by atoms with Crippen molar-refractivity contribution in [1.29, 1.82) is 0 Å². The Morgan fingerprint density at radius 2 is 2.15 bits per heavy atom. The average molecular weight is 186 g/mol. The van der Waals surface area contributed by atoms with Crippen LogP contribution in [0, 0.1) is 11.3 Å². The second-order valence-corrected chi connectivity index (χ2v) is 4.58. The van der Waals surface area contributed by atoms with Crippen LogP contribution in [0.15, 0.2) is 5.16 Å². The molecule has 13 heavy (non-hydrogen) atoms. The summed E-state index contributed by atoms with van der Waals surface area (Å²) in [4.78, 5) is 0. The third kappa shape index (κ3) is 2.12. The van der Waals surface area contributed by atoms with Crippen LogP contribution in [-0.4, -0.2) is 23.8 Å². The number of nitrogens with two attached hydrogens (primary N) is 1. The van der Waals surface area contributed by atoms with Gasteiger partial charge in [0, 0.05) is 12.5 Å². The van der Waals surface area contributed by atoms with Gasteiger partial charge < -0.3 is 15.7 Å². The van der Waals surface area contributed by atoms with E-state index in [1.807, 2.05) is 0 Å². The van der Waals surface area contributed by atoms with Gasteiger partial charge in [0.05, 0.1) is 6.10 Å². The van der Waals surface area contributed by atoms with E-state index in [1.165, 1.54) is 0 Å². The van der Waals surface area contributed by atoms with E-state index in [0.29, 0.717) is 6.61 Å². The van der Waals surface area contributed by atoms with Gasteiger partial charge in [-0.2, -0.15) is 0 Å². The number of amidine groups is 1. The molecule has 1 fully saturated rings. The highest BCUT2D eigenvalue weighted by molar-refractivity contribution is 5.83. The van der Waals surface area contributed by atoms with E-state index in [0.717, 1.165) is 6.42 Å². The SMILES string of the molecule is CC(C)(C)[C@@H]1OCC[C@@H]1/C(N)=N\O. The lowest BCUT2D eigenvalue weighted by Crippen LogP contribution is -2.38. The van der Waals surface area contributed by atoms with Gasteiger partial charge in [-0.1, -0.05) is 25.9 Å². The van der Waals surface area contributed by atoms with E-state index in [1.54, 1.807) is 0 Å². The fourth-order valence-electron chi connectivity index (χ4n) is 1.82. The highest BCUT2D eigenvalue weighted by Crippen LogP contribution is 2.34. The third-order valence-corrected chi connectivity index (χ3v) is 2.44. The Morgan fingerprint density at radius 1 is 1.54 bits per heavy atom. The Hall–Kier alpha value is -0.770. The van der Waals surface area contributed by atoms with Crippen molar-refractivity contribution in [2.24, 2.45) is 22.2 Å². The number of hydrogen-bond donors (Lipinski definition) is 2. The van der Waals surface area contributed by atoms with E-state index in [-0.39, 0.29) is 23.3 Å². The molecule has 1 saturated heterocycles. The van der Waals surface area contributed by atoms with Crippen molar-refractivity contribution in [2.75, 3.05) is 6.61 Å². The summed E-state index contributed by atoms with van der Waals surface area (Å²) in [7, 11) is 0. The van der Waals surface area contributed by atoms with E-state index >= 15 is 0 Å². The molecule has 0 amide bonds. The summed E-state index contributed by atoms with van der Waals surface area (Å²) in [6.07, 6.45) is 0.904. The van der Waals surface area contributed by atoms with Gasteiger partial charge in [0.25, 0.3) is 0 Å². The first-order valence-corrected chi connectivity index (χ1v) is 4.56. The molecule has 1 aliphatic rings. The third-order valence-electron chi connectivity index (χ3n) is 2.44. The molecule has 0 aromatic heterocycles. The van der Waals surface area contributed by atoms with Gasteiger partial charge in [0.2, 0.25) is 0 Å². The van der Waals surface area contributed by atoms with Crippen molar-refractivity contribution in [3.63, 3.8) is 0 Å². The van der Waals surface area contributed by atoms with Crippen molar-refractivity contribution >= 4 is 5.84 Å². The van der Waals surface area contributed by atoms with Crippen molar-refractivity contribution in [3.8, 4) is 0 Å². The van der Waals surface area contributed by atoms with Crippen LogP contribution in [0.3, 0.4) is 0 Å². The zero-order valence-electron chi connectivity index (χ0n) is 8.45. The maximum absolute atomic E-state index is 8.59. The molecule has 0 aromatic carbocycles. The second kappa shape index (κ2) is 3.54. The maximum atomic E-state index is 8.59. The largest absolute Gasteiger partial charge is 0.409 e. The van der Waals surface area contributed by atoms with Gasteiger partial charge in [0.1, 0.15) is 5.84 Å². The van der Waals surface area contributed by atoms with E-state index in [4.69, 9.17) is 15.7 Å². The Morgan fingerprint density at radius 3 is 2.62 bits per heavy atom. The van der Waals surface area contributed by atoms with Crippen LogP contribution in [0.4, 0.5) is 0 Å². The standard InChI is InChI=1S/C9H18N2O2/c1-9(2,3)7-6(4-5-13-7)8(10)11-12/h6-7,12H,4-5H2,1-3H3,(H2,10,11)/t6-,7+/m0/s1. The number of oxime groups is 1. The van der Waals surface area contributed by atoms with Crippen LogP contribution < -0.4 is 5.73 Å². The fourth-order valence-corrected chi connectivity index (χ4v) is 1.82. The highest BCUT2D eigenvalue weighted by Gasteiger charge is 2.39. The molecule has 76 valence electrons. The lowest BCUT2D eigenvalue weighted by Gasteiger charge is -2.30. The first-order chi connectivity index (χ1) is 5.96. The quantitative estimate of drug-likeness (QED) is 0.280. The fraction of sp³-hybridized carbons (Fsp3) is 0.889. The van der Waals surface area contributed by atoms with Crippen LogP contribution in [-0.2, 0) is 4.74 Å². The summed E-state index contributed by atoms with van der Waals surface area (Å²) < 4.78 is 5.58. The van der Waals surface area contributed by atoms with Crippen molar-refractivity contribution < 1.29 is 9.94 Å². The number of nitrogens with zero attached hydrogens (tertiary/aromatic N) is 1. The zero-order chi connectivity index (χ0) is 10.1. The number of rotatable bonds is 1. The predicted molar refractivity (Wildman–Crippen MR) is 50.7 cm³/mol. The minimum atomic E-state index is 0.0382. The molecule has 0 radical (unpaired) electrons. The molecule has 0 spiro atoms. The molecular weight excluding hydrogens is 168 g/mol. The second-order valence-electron chi connectivity index (χ2n) is 4.58. The molecule has 4 nitrogen and oxygen atoms in total.